The molecule has 2 rings (SSSR count). The first-order valence-corrected chi connectivity index (χ1v) is 7.45. The minimum absolute atomic E-state index is 0.174. The lowest BCUT2D eigenvalue weighted by molar-refractivity contribution is -0.0820. The van der Waals surface area contributed by atoms with Gasteiger partial charge in [0.15, 0.2) is 0 Å². The Balaban J connectivity index is 1.99. The van der Waals surface area contributed by atoms with Crippen molar-refractivity contribution < 1.29 is 4.84 Å². The molecule has 0 spiro atoms. The van der Waals surface area contributed by atoms with Crippen molar-refractivity contribution in [2.45, 2.75) is 45.4 Å². The predicted molar refractivity (Wildman–Crippen MR) is 83.4 cm³/mol. The summed E-state index contributed by atoms with van der Waals surface area (Å²) in [4.78, 5) is 5.77. The van der Waals surface area contributed by atoms with E-state index < -0.39 is 0 Å². The quantitative estimate of drug-likeness (QED) is 0.756. The van der Waals surface area contributed by atoms with Gasteiger partial charge in [-0.1, -0.05) is 39.3 Å². The minimum atomic E-state index is 0.174. The normalized spacial score (nSPS) is 17.2. The third-order valence-corrected chi connectivity index (χ3v) is 3.82. The number of nitrogens with zero attached hydrogens (tertiary/aromatic N) is 1. The molecule has 1 saturated heterocycles. The van der Waals surface area contributed by atoms with Crippen molar-refractivity contribution in [2.75, 3.05) is 13.1 Å². The molecule has 0 saturated carbocycles. The third kappa shape index (κ3) is 4.02. The Hall–Kier alpha value is -0.930. The van der Waals surface area contributed by atoms with Gasteiger partial charge in [-0.15, -0.1) is 5.06 Å². The molecule has 3 heteroatoms. The molecule has 0 atom stereocenters. The van der Waals surface area contributed by atoms with Crippen LogP contribution in [-0.4, -0.2) is 23.2 Å². The first kappa shape index (κ1) is 14.5. The summed E-state index contributed by atoms with van der Waals surface area (Å²) in [6.07, 6.45) is 3.70. The van der Waals surface area contributed by atoms with Gasteiger partial charge in [0.25, 0.3) is 0 Å². The van der Waals surface area contributed by atoms with Crippen LogP contribution in [0.25, 0.3) is 0 Å². The molecular weight excluding hydrogens is 254 g/mol. The largest absolute Gasteiger partial charge is 0.394 e. The van der Waals surface area contributed by atoms with Crippen LogP contribution in [0.15, 0.2) is 24.3 Å². The van der Waals surface area contributed by atoms with Crippen LogP contribution in [0.3, 0.4) is 0 Å². The second kappa shape index (κ2) is 6.02. The summed E-state index contributed by atoms with van der Waals surface area (Å²) >= 11 is 5.37. The molecule has 2 nitrogen and oxygen atoms in total. The highest BCUT2D eigenvalue weighted by molar-refractivity contribution is 7.80. The van der Waals surface area contributed by atoms with Crippen molar-refractivity contribution in [3.63, 3.8) is 0 Å². The number of hydrogen-bond acceptors (Lipinski definition) is 3. The number of benzene rings is 1. The molecule has 0 unspecified atom stereocenters. The Bertz CT molecular complexity index is 427. The first-order valence-electron chi connectivity index (χ1n) is 7.04. The molecule has 0 aliphatic carbocycles. The van der Waals surface area contributed by atoms with Gasteiger partial charge in [-0.3, -0.25) is 0 Å². The van der Waals surface area contributed by atoms with E-state index in [4.69, 9.17) is 17.1 Å². The number of rotatable bonds is 2. The number of piperidine rings is 1. The average molecular weight is 277 g/mol. The lowest BCUT2D eigenvalue weighted by Crippen LogP contribution is -2.32. The highest BCUT2D eigenvalue weighted by atomic mass is 32.1. The number of thiocarbonyl (C=S) groups is 1. The molecule has 1 aromatic carbocycles. The molecule has 0 N–H and O–H groups in total. The van der Waals surface area contributed by atoms with Crippen LogP contribution >= 0.6 is 12.2 Å². The predicted octanol–water partition coefficient (Wildman–Crippen LogP) is 4.08. The summed E-state index contributed by atoms with van der Waals surface area (Å²) in [7, 11) is 0. The zero-order chi connectivity index (χ0) is 13.9. The maximum atomic E-state index is 5.77. The maximum absolute atomic E-state index is 5.77. The maximum Gasteiger partial charge on any atom is 0.218 e. The third-order valence-electron chi connectivity index (χ3n) is 3.51. The number of hydrogen-bond donors (Lipinski definition) is 0. The summed E-state index contributed by atoms with van der Waals surface area (Å²) in [5.74, 6) is 0. The van der Waals surface area contributed by atoms with Crippen LogP contribution in [0.2, 0.25) is 0 Å². The highest BCUT2D eigenvalue weighted by Gasteiger charge is 2.16. The Labute approximate surface area is 121 Å². The molecule has 1 aliphatic heterocycles. The molecule has 1 aliphatic rings. The van der Waals surface area contributed by atoms with Gasteiger partial charge in [0.1, 0.15) is 0 Å². The summed E-state index contributed by atoms with van der Waals surface area (Å²) < 4.78 is 0. The van der Waals surface area contributed by atoms with Crippen LogP contribution < -0.4 is 0 Å². The monoisotopic (exact) mass is 277 g/mol. The van der Waals surface area contributed by atoms with Gasteiger partial charge in [-0.2, -0.15) is 0 Å². The Morgan fingerprint density at radius 2 is 1.63 bits per heavy atom. The summed E-state index contributed by atoms with van der Waals surface area (Å²) in [5, 5.41) is 2.58. The Morgan fingerprint density at radius 1 is 1.05 bits per heavy atom. The molecule has 104 valence electrons. The van der Waals surface area contributed by atoms with Gasteiger partial charge in [-0.05, 0) is 48.2 Å². The summed E-state index contributed by atoms with van der Waals surface area (Å²) in [6, 6.07) is 8.40. The van der Waals surface area contributed by atoms with E-state index in [0.29, 0.717) is 5.05 Å². The van der Waals surface area contributed by atoms with E-state index in [1.165, 1.54) is 24.8 Å². The van der Waals surface area contributed by atoms with Crippen molar-refractivity contribution in [1.29, 1.82) is 0 Å². The zero-order valence-electron chi connectivity index (χ0n) is 12.1. The SMILES string of the molecule is CC(C)(C)c1ccc(C(=S)ON2CCCCC2)cc1. The van der Waals surface area contributed by atoms with Gasteiger partial charge in [0, 0.05) is 18.7 Å². The smallest absolute Gasteiger partial charge is 0.218 e. The topological polar surface area (TPSA) is 12.5 Å². The average Bonchev–Trinajstić information content (AvgIpc) is 2.39. The van der Waals surface area contributed by atoms with E-state index in [0.717, 1.165) is 18.7 Å². The Morgan fingerprint density at radius 3 is 2.16 bits per heavy atom. The van der Waals surface area contributed by atoms with Crippen molar-refractivity contribution in [1.82, 2.24) is 5.06 Å². The van der Waals surface area contributed by atoms with Crippen molar-refractivity contribution in [3.05, 3.63) is 35.4 Å². The Kier molecular flexibility index (Phi) is 4.58. The minimum Gasteiger partial charge on any atom is -0.394 e. The highest BCUT2D eigenvalue weighted by Crippen LogP contribution is 2.22. The molecule has 19 heavy (non-hydrogen) atoms. The van der Waals surface area contributed by atoms with Gasteiger partial charge in [0.2, 0.25) is 5.05 Å². The summed E-state index contributed by atoms with van der Waals surface area (Å²) in [6.45, 7) is 8.61. The molecule has 0 bridgehead atoms. The fourth-order valence-corrected chi connectivity index (χ4v) is 2.47. The van der Waals surface area contributed by atoms with Crippen LogP contribution in [0, 0.1) is 0 Å². The van der Waals surface area contributed by atoms with E-state index in [1.54, 1.807) is 0 Å². The van der Waals surface area contributed by atoms with Crippen LogP contribution in [0.5, 0.6) is 0 Å². The fourth-order valence-electron chi connectivity index (χ4n) is 2.23. The van der Waals surface area contributed by atoms with E-state index in [2.05, 4.69) is 45.0 Å². The van der Waals surface area contributed by atoms with E-state index in [-0.39, 0.29) is 5.41 Å². The van der Waals surface area contributed by atoms with Crippen LogP contribution in [0.1, 0.15) is 51.2 Å². The standard InChI is InChI=1S/C16H23NOS/c1-16(2,3)14-9-7-13(8-10-14)15(19)18-17-11-5-4-6-12-17/h7-10H,4-6,11-12H2,1-3H3. The lowest BCUT2D eigenvalue weighted by atomic mass is 9.87. The van der Waals surface area contributed by atoms with Crippen LogP contribution in [0.4, 0.5) is 0 Å². The van der Waals surface area contributed by atoms with Gasteiger partial charge >= 0.3 is 0 Å². The lowest BCUT2D eigenvalue weighted by Gasteiger charge is -2.26. The molecule has 0 amide bonds. The fraction of sp³-hybridized carbons (Fsp3) is 0.562. The molecular formula is C16H23NOS. The zero-order valence-corrected chi connectivity index (χ0v) is 12.9. The van der Waals surface area contributed by atoms with E-state index >= 15 is 0 Å². The first-order chi connectivity index (χ1) is 8.97. The van der Waals surface area contributed by atoms with Crippen molar-refractivity contribution >= 4 is 17.3 Å². The van der Waals surface area contributed by atoms with Crippen molar-refractivity contribution in [3.8, 4) is 0 Å². The van der Waals surface area contributed by atoms with Gasteiger partial charge < -0.3 is 4.84 Å². The van der Waals surface area contributed by atoms with Gasteiger partial charge in [-0.25, -0.2) is 0 Å². The molecule has 1 aromatic rings. The second-order valence-electron chi connectivity index (χ2n) is 6.20. The second-order valence-corrected chi connectivity index (χ2v) is 6.57. The van der Waals surface area contributed by atoms with Gasteiger partial charge in [0.05, 0.1) is 0 Å². The molecule has 1 heterocycles. The van der Waals surface area contributed by atoms with E-state index in [9.17, 15) is 0 Å². The van der Waals surface area contributed by atoms with Crippen LogP contribution in [-0.2, 0) is 10.3 Å². The summed E-state index contributed by atoms with van der Waals surface area (Å²) in [5.41, 5.74) is 2.49. The number of hydroxylamine groups is 2. The van der Waals surface area contributed by atoms with E-state index in [1.807, 2.05) is 5.06 Å². The molecule has 0 aromatic heterocycles. The van der Waals surface area contributed by atoms with Crippen molar-refractivity contribution in [2.24, 2.45) is 0 Å². The molecule has 0 radical (unpaired) electrons. The molecule has 1 fully saturated rings.